The van der Waals surface area contributed by atoms with Crippen LogP contribution < -0.4 is 24.8 Å². The fourth-order valence-electron chi connectivity index (χ4n) is 2.87. The first kappa shape index (κ1) is 29.8. The number of ether oxygens (including phenoxy) is 5. The van der Waals surface area contributed by atoms with E-state index in [2.05, 4.69) is 10.6 Å². The summed E-state index contributed by atoms with van der Waals surface area (Å²) in [6.45, 7) is 8.56. The standard InChI is InChI=1S/C24H37FN2O8/c1-14(2)13-34-22(29)18(27-23(30)35-24(3,4)5)11-17(25)21(28)26-12-16-19(32-7)9-15(31-6)10-20(16)33-8/h9-10,14,17-18H,11-13H2,1-8H3,(H,26,28)(H,27,30). The summed E-state index contributed by atoms with van der Waals surface area (Å²) in [6.07, 6.45) is -3.69. The van der Waals surface area contributed by atoms with Crippen molar-refractivity contribution < 1.29 is 42.5 Å². The summed E-state index contributed by atoms with van der Waals surface area (Å²) >= 11 is 0. The van der Waals surface area contributed by atoms with Crippen LogP contribution in [0, 0.1) is 5.92 Å². The van der Waals surface area contributed by atoms with Crippen LogP contribution in [0.2, 0.25) is 0 Å². The van der Waals surface area contributed by atoms with E-state index in [4.69, 9.17) is 23.7 Å². The third-order valence-corrected chi connectivity index (χ3v) is 4.52. The Morgan fingerprint density at radius 1 is 1.00 bits per heavy atom. The zero-order valence-corrected chi connectivity index (χ0v) is 21.7. The lowest BCUT2D eigenvalue weighted by Crippen LogP contribution is -2.47. The molecule has 10 nitrogen and oxygen atoms in total. The van der Waals surface area contributed by atoms with Gasteiger partial charge < -0.3 is 34.3 Å². The van der Waals surface area contributed by atoms with E-state index in [0.29, 0.717) is 22.8 Å². The lowest BCUT2D eigenvalue weighted by Gasteiger charge is -2.24. The van der Waals surface area contributed by atoms with Gasteiger partial charge in [0.05, 0.1) is 40.0 Å². The van der Waals surface area contributed by atoms with E-state index >= 15 is 0 Å². The molecule has 0 aliphatic rings. The van der Waals surface area contributed by atoms with Crippen molar-refractivity contribution in [3.05, 3.63) is 17.7 Å². The summed E-state index contributed by atoms with van der Waals surface area (Å²) in [6, 6.07) is 1.78. The third-order valence-electron chi connectivity index (χ3n) is 4.52. The van der Waals surface area contributed by atoms with Gasteiger partial charge in [0.25, 0.3) is 5.91 Å². The number of hydrogen-bond acceptors (Lipinski definition) is 8. The molecule has 0 aliphatic heterocycles. The fraction of sp³-hybridized carbons (Fsp3) is 0.625. The van der Waals surface area contributed by atoms with Gasteiger partial charge in [-0.1, -0.05) is 13.8 Å². The Balaban J connectivity index is 2.93. The van der Waals surface area contributed by atoms with Crippen molar-refractivity contribution in [2.45, 2.75) is 65.4 Å². The molecule has 0 aliphatic carbocycles. The van der Waals surface area contributed by atoms with Crippen LogP contribution in [0.1, 0.15) is 46.6 Å². The number of hydrogen-bond donors (Lipinski definition) is 2. The summed E-state index contributed by atoms with van der Waals surface area (Å²) in [7, 11) is 4.36. The Bertz CT molecular complexity index is 845. The number of methoxy groups -OCH3 is 3. The number of halogens is 1. The van der Waals surface area contributed by atoms with E-state index in [-0.39, 0.29) is 19.1 Å². The summed E-state index contributed by atoms with van der Waals surface area (Å²) in [5.41, 5.74) is -0.365. The number of carbonyl (C=O) groups is 3. The Labute approximate surface area is 205 Å². The molecule has 0 heterocycles. The second kappa shape index (κ2) is 13.6. The number of benzene rings is 1. The third kappa shape index (κ3) is 10.3. The monoisotopic (exact) mass is 500 g/mol. The molecule has 0 aromatic heterocycles. The van der Waals surface area contributed by atoms with Gasteiger partial charge in [-0.15, -0.1) is 0 Å². The number of carbonyl (C=O) groups excluding carboxylic acids is 3. The van der Waals surface area contributed by atoms with Gasteiger partial charge in [-0.3, -0.25) is 4.79 Å². The highest BCUT2D eigenvalue weighted by atomic mass is 19.1. The highest BCUT2D eigenvalue weighted by Gasteiger charge is 2.31. The second-order valence-electron chi connectivity index (χ2n) is 9.15. The van der Waals surface area contributed by atoms with E-state index < -0.39 is 42.2 Å². The molecule has 2 atom stereocenters. The first-order valence-corrected chi connectivity index (χ1v) is 11.2. The zero-order valence-electron chi connectivity index (χ0n) is 21.7. The normalized spacial score (nSPS) is 12.9. The van der Waals surface area contributed by atoms with Gasteiger partial charge in [0, 0.05) is 18.6 Å². The SMILES string of the molecule is COc1cc(OC)c(CNC(=O)C(F)CC(NC(=O)OC(C)(C)C)C(=O)OCC(C)C)c(OC)c1. The highest BCUT2D eigenvalue weighted by Crippen LogP contribution is 2.33. The predicted octanol–water partition coefficient (Wildman–Crippen LogP) is 3.15. The molecule has 0 fully saturated rings. The minimum Gasteiger partial charge on any atom is -0.496 e. The van der Waals surface area contributed by atoms with Crippen molar-refractivity contribution in [3.8, 4) is 17.2 Å². The van der Waals surface area contributed by atoms with Crippen LogP contribution in [0.5, 0.6) is 17.2 Å². The topological polar surface area (TPSA) is 121 Å². The summed E-state index contributed by atoms with van der Waals surface area (Å²) in [4.78, 5) is 37.1. The first-order valence-electron chi connectivity index (χ1n) is 11.2. The minimum absolute atomic E-state index is 0.0278. The zero-order chi connectivity index (χ0) is 26.8. The smallest absolute Gasteiger partial charge is 0.408 e. The molecule has 1 aromatic rings. The van der Waals surface area contributed by atoms with Gasteiger partial charge in [-0.25, -0.2) is 14.0 Å². The van der Waals surface area contributed by atoms with Crippen LogP contribution >= 0.6 is 0 Å². The Morgan fingerprint density at radius 3 is 2.03 bits per heavy atom. The molecule has 0 saturated carbocycles. The summed E-state index contributed by atoms with van der Waals surface area (Å²) < 4.78 is 41.0. The van der Waals surface area contributed by atoms with Crippen LogP contribution in [-0.2, 0) is 25.6 Å². The van der Waals surface area contributed by atoms with Crippen LogP contribution in [0.15, 0.2) is 12.1 Å². The average molecular weight is 501 g/mol. The van der Waals surface area contributed by atoms with Gasteiger partial charge in [-0.2, -0.15) is 0 Å². The number of esters is 1. The number of alkyl halides is 1. The molecule has 2 unspecified atom stereocenters. The van der Waals surface area contributed by atoms with E-state index in [1.165, 1.54) is 21.3 Å². The number of alkyl carbamates (subject to hydrolysis) is 1. The molecule has 0 spiro atoms. The van der Waals surface area contributed by atoms with Crippen molar-refractivity contribution in [1.82, 2.24) is 10.6 Å². The van der Waals surface area contributed by atoms with E-state index in [1.54, 1.807) is 32.9 Å². The molecule has 0 bridgehead atoms. The molecular formula is C24H37FN2O8. The molecular weight excluding hydrogens is 463 g/mol. The van der Waals surface area contributed by atoms with Crippen LogP contribution in [0.4, 0.5) is 9.18 Å². The highest BCUT2D eigenvalue weighted by molar-refractivity contribution is 5.85. The second-order valence-corrected chi connectivity index (χ2v) is 9.15. The lowest BCUT2D eigenvalue weighted by molar-refractivity contribution is -0.148. The van der Waals surface area contributed by atoms with E-state index in [9.17, 15) is 18.8 Å². The molecule has 11 heteroatoms. The predicted molar refractivity (Wildman–Crippen MR) is 126 cm³/mol. The summed E-state index contributed by atoms with van der Waals surface area (Å²) in [5, 5.41) is 4.76. The maximum Gasteiger partial charge on any atom is 0.408 e. The van der Waals surface area contributed by atoms with Crippen molar-refractivity contribution in [3.63, 3.8) is 0 Å². The van der Waals surface area contributed by atoms with Gasteiger partial charge in [0.2, 0.25) is 0 Å². The van der Waals surface area contributed by atoms with Crippen molar-refractivity contribution in [1.29, 1.82) is 0 Å². The Kier molecular flexibility index (Phi) is 11.6. The fourth-order valence-corrected chi connectivity index (χ4v) is 2.87. The molecule has 0 saturated heterocycles. The van der Waals surface area contributed by atoms with Crippen molar-refractivity contribution in [2.24, 2.45) is 5.92 Å². The molecule has 2 N–H and O–H groups in total. The van der Waals surface area contributed by atoms with E-state index in [0.717, 1.165) is 0 Å². The van der Waals surface area contributed by atoms with E-state index in [1.807, 2.05) is 13.8 Å². The maximum absolute atomic E-state index is 14.9. The van der Waals surface area contributed by atoms with Gasteiger partial charge in [0.15, 0.2) is 6.17 Å². The van der Waals surface area contributed by atoms with Crippen molar-refractivity contribution in [2.75, 3.05) is 27.9 Å². The van der Waals surface area contributed by atoms with Gasteiger partial charge >= 0.3 is 12.1 Å². The maximum atomic E-state index is 14.9. The molecule has 198 valence electrons. The molecule has 35 heavy (non-hydrogen) atoms. The molecule has 1 aromatic carbocycles. The number of amides is 2. The number of nitrogens with one attached hydrogen (secondary N) is 2. The van der Waals surface area contributed by atoms with Crippen LogP contribution in [0.25, 0.3) is 0 Å². The minimum atomic E-state index is -2.13. The summed E-state index contributed by atoms with van der Waals surface area (Å²) in [5.74, 6) is -0.596. The lowest BCUT2D eigenvalue weighted by atomic mass is 10.1. The quantitative estimate of drug-likeness (QED) is 0.420. The largest absolute Gasteiger partial charge is 0.496 e. The first-order chi connectivity index (χ1) is 16.3. The van der Waals surface area contributed by atoms with Gasteiger partial charge in [-0.05, 0) is 26.7 Å². The average Bonchev–Trinajstić information content (AvgIpc) is 2.78. The molecule has 1 rings (SSSR count). The molecule has 2 amide bonds. The molecule has 0 radical (unpaired) electrons. The number of rotatable bonds is 12. The van der Waals surface area contributed by atoms with Crippen LogP contribution in [-0.4, -0.2) is 63.7 Å². The Hall–Kier alpha value is -3.24. The van der Waals surface area contributed by atoms with Crippen LogP contribution in [0.3, 0.4) is 0 Å². The van der Waals surface area contributed by atoms with Gasteiger partial charge in [0.1, 0.15) is 28.9 Å². The Morgan fingerprint density at radius 2 is 1.57 bits per heavy atom. The van der Waals surface area contributed by atoms with Crippen molar-refractivity contribution >= 4 is 18.0 Å².